The van der Waals surface area contributed by atoms with Gasteiger partial charge in [0.25, 0.3) is 0 Å². The Hall–Kier alpha value is 0.430. The van der Waals surface area contributed by atoms with Gasteiger partial charge in [0.1, 0.15) is 9.84 Å². The lowest BCUT2D eigenvalue weighted by Crippen LogP contribution is -2.21. The molecule has 2 aliphatic rings. The van der Waals surface area contributed by atoms with Gasteiger partial charge in [0.15, 0.2) is 0 Å². The molecule has 15 heavy (non-hydrogen) atoms. The minimum atomic E-state index is -2.77. The maximum Gasteiger partial charge on any atom is 0.147 e. The van der Waals surface area contributed by atoms with Crippen LogP contribution in [0.3, 0.4) is 0 Å². The minimum absolute atomic E-state index is 0.358. The molecule has 0 amide bonds. The molecule has 2 atom stereocenters. The number of hydrogen-bond donors (Lipinski definition) is 0. The smallest absolute Gasteiger partial charge is 0.147 e. The van der Waals surface area contributed by atoms with Gasteiger partial charge in [0.2, 0.25) is 0 Å². The first kappa shape index (κ1) is 11.9. The Morgan fingerprint density at radius 1 is 1.33 bits per heavy atom. The van der Waals surface area contributed by atoms with Gasteiger partial charge in [0, 0.05) is 17.3 Å². The second-order valence-corrected chi connectivity index (χ2v) is 8.35. The van der Waals surface area contributed by atoms with E-state index in [4.69, 9.17) is 0 Å². The third-order valence-corrected chi connectivity index (χ3v) is 6.18. The van der Waals surface area contributed by atoms with Gasteiger partial charge in [-0.3, -0.25) is 0 Å². The Balaban J connectivity index is 1.82. The zero-order chi connectivity index (χ0) is 11.1. The van der Waals surface area contributed by atoms with Crippen molar-refractivity contribution in [3.63, 3.8) is 0 Å². The van der Waals surface area contributed by atoms with E-state index in [2.05, 4.69) is 15.9 Å². The highest BCUT2D eigenvalue weighted by Gasteiger charge is 2.52. The lowest BCUT2D eigenvalue weighted by Gasteiger charge is -2.28. The molecule has 0 aromatic heterocycles. The van der Waals surface area contributed by atoms with Crippen molar-refractivity contribution in [1.29, 1.82) is 0 Å². The number of sulfone groups is 1. The van der Waals surface area contributed by atoms with Crippen LogP contribution in [-0.4, -0.2) is 25.8 Å². The molecule has 2 rings (SSSR count). The van der Waals surface area contributed by atoms with Gasteiger partial charge in [-0.05, 0) is 49.4 Å². The SMILES string of the molecule is CS(=O)(=O)CCCC1(CBr)CC2CC2C1. The summed E-state index contributed by atoms with van der Waals surface area (Å²) in [6, 6.07) is 0. The summed E-state index contributed by atoms with van der Waals surface area (Å²) in [4.78, 5) is 0. The molecule has 0 N–H and O–H groups in total. The van der Waals surface area contributed by atoms with E-state index in [1.807, 2.05) is 0 Å². The van der Waals surface area contributed by atoms with Crippen LogP contribution in [0.15, 0.2) is 0 Å². The first-order valence-corrected chi connectivity index (χ1v) is 8.86. The van der Waals surface area contributed by atoms with Crippen LogP contribution in [0, 0.1) is 17.3 Å². The molecule has 2 nitrogen and oxygen atoms in total. The first-order chi connectivity index (χ1) is 6.94. The van der Waals surface area contributed by atoms with Crippen LogP contribution in [0.1, 0.15) is 32.1 Å². The number of fused-ring (bicyclic) bond motifs is 1. The van der Waals surface area contributed by atoms with Crippen LogP contribution in [0.2, 0.25) is 0 Å². The van der Waals surface area contributed by atoms with E-state index in [1.165, 1.54) is 25.5 Å². The Morgan fingerprint density at radius 3 is 2.40 bits per heavy atom. The van der Waals surface area contributed by atoms with Crippen LogP contribution in [0.25, 0.3) is 0 Å². The molecular weight excluding hydrogens is 276 g/mol. The Kier molecular flexibility index (Phi) is 3.19. The van der Waals surface area contributed by atoms with Gasteiger partial charge in [0.05, 0.1) is 0 Å². The molecule has 0 spiro atoms. The van der Waals surface area contributed by atoms with Gasteiger partial charge in [-0.15, -0.1) is 0 Å². The summed E-state index contributed by atoms with van der Waals surface area (Å²) in [6.45, 7) is 0. The van der Waals surface area contributed by atoms with Crippen molar-refractivity contribution in [3.8, 4) is 0 Å². The molecule has 88 valence electrons. The van der Waals surface area contributed by atoms with E-state index in [-0.39, 0.29) is 0 Å². The summed E-state index contributed by atoms with van der Waals surface area (Å²) >= 11 is 3.61. The molecular formula is C11H19BrO2S. The lowest BCUT2D eigenvalue weighted by atomic mass is 9.81. The Bertz CT molecular complexity index is 326. The molecule has 0 aromatic rings. The average Bonchev–Trinajstić information content (AvgIpc) is 2.73. The summed E-state index contributed by atoms with van der Waals surface area (Å²) in [6.07, 6.45) is 7.34. The minimum Gasteiger partial charge on any atom is -0.229 e. The van der Waals surface area contributed by atoms with Gasteiger partial charge in [-0.1, -0.05) is 15.9 Å². The summed E-state index contributed by atoms with van der Waals surface area (Å²) in [5.74, 6) is 2.30. The Morgan fingerprint density at radius 2 is 1.93 bits per heavy atom. The van der Waals surface area contributed by atoms with Gasteiger partial charge in [-0.25, -0.2) is 8.42 Å². The molecule has 0 radical (unpaired) electrons. The number of halogens is 1. The molecule has 0 heterocycles. The maximum absolute atomic E-state index is 11.1. The molecule has 4 heteroatoms. The highest BCUT2D eigenvalue weighted by Crippen LogP contribution is 2.61. The van der Waals surface area contributed by atoms with Crippen LogP contribution < -0.4 is 0 Å². The second kappa shape index (κ2) is 4.02. The monoisotopic (exact) mass is 294 g/mol. The van der Waals surface area contributed by atoms with E-state index in [0.717, 1.165) is 30.0 Å². The van der Waals surface area contributed by atoms with Gasteiger partial charge in [-0.2, -0.15) is 0 Å². The average molecular weight is 295 g/mol. The van der Waals surface area contributed by atoms with Crippen LogP contribution in [-0.2, 0) is 9.84 Å². The number of hydrogen-bond acceptors (Lipinski definition) is 2. The largest absolute Gasteiger partial charge is 0.229 e. The molecule has 0 saturated heterocycles. The highest BCUT2D eigenvalue weighted by atomic mass is 79.9. The van der Waals surface area contributed by atoms with Crippen molar-refractivity contribution in [1.82, 2.24) is 0 Å². The maximum atomic E-state index is 11.1. The van der Waals surface area contributed by atoms with Crippen molar-refractivity contribution >= 4 is 25.8 Å². The third-order valence-electron chi connectivity index (χ3n) is 3.97. The molecule has 2 aliphatic carbocycles. The van der Waals surface area contributed by atoms with E-state index < -0.39 is 9.84 Å². The summed E-state index contributed by atoms with van der Waals surface area (Å²) < 4.78 is 22.1. The van der Waals surface area contributed by atoms with E-state index in [1.54, 1.807) is 0 Å². The fourth-order valence-corrected chi connectivity index (χ4v) is 4.50. The van der Waals surface area contributed by atoms with Crippen LogP contribution in [0.5, 0.6) is 0 Å². The summed E-state index contributed by atoms with van der Waals surface area (Å²) in [7, 11) is -2.77. The topological polar surface area (TPSA) is 34.1 Å². The molecule has 2 unspecified atom stereocenters. The van der Waals surface area contributed by atoms with E-state index >= 15 is 0 Å². The molecule has 2 saturated carbocycles. The van der Waals surface area contributed by atoms with Crippen molar-refractivity contribution in [3.05, 3.63) is 0 Å². The number of alkyl halides is 1. The predicted octanol–water partition coefficient (Wildman–Crippen LogP) is 2.62. The van der Waals surface area contributed by atoms with E-state index in [9.17, 15) is 8.42 Å². The molecule has 2 fully saturated rings. The first-order valence-electron chi connectivity index (χ1n) is 5.68. The Labute approximate surface area is 101 Å². The van der Waals surface area contributed by atoms with E-state index in [0.29, 0.717) is 11.2 Å². The van der Waals surface area contributed by atoms with Gasteiger partial charge >= 0.3 is 0 Å². The zero-order valence-corrected chi connectivity index (χ0v) is 11.6. The fraction of sp³-hybridized carbons (Fsp3) is 1.00. The van der Waals surface area contributed by atoms with Crippen molar-refractivity contribution in [2.45, 2.75) is 32.1 Å². The fourth-order valence-electron chi connectivity index (χ4n) is 3.10. The lowest BCUT2D eigenvalue weighted by molar-refractivity contribution is 0.283. The second-order valence-electron chi connectivity index (χ2n) is 5.53. The number of rotatable bonds is 5. The molecule has 0 bridgehead atoms. The van der Waals surface area contributed by atoms with Gasteiger partial charge < -0.3 is 0 Å². The summed E-state index contributed by atoms with van der Waals surface area (Å²) in [5.41, 5.74) is 0.429. The normalized spacial score (nSPS) is 39.1. The van der Waals surface area contributed by atoms with Crippen LogP contribution in [0.4, 0.5) is 0 Å². The molecule has 0 aliphatic heterocycles. The predicted molar refractivity (Wildman–Crippen MR) is 66.0 cm³/mol. The summed E-state index contributed by atoms with van der Waals surface area (Å²) in [5, 5.41) is 1.05. The van der Waals surface area contributed by atoms with Crippen molar-refractivity contribution in [2.75, 3.05) is 17.3 Å². The third kappa shape index (κ3) is 2.96. The molecule has 0 aromatic carbocycles. The quantitative estimate of drug-likeness (QED) is 0.731. The highest BCUT2D eigenvalue weighted by molar-refractivity contribution is 9.09. The van der Waals surface area contributed by atoms with Crippen LogP contribution >= 0.6 is 15.9 Å². The zero-order valence-electron chi connectivity index (χ0n) is 9.21. The standard InChI is InChI=1S/C11H19BrO2S/c1-15(13,14)4-2-3-11(8-12)6-9-5-10(9)7-11/h9-10H,2-8H2,1H3. The van der Waals surface area contributed by atoms with Crippen molar-refractivity contribution < 1.29 is 8.42 Å². The van der Waals surface area contributed by atoms with Crippen molar-refractivity contribution in [2.24, 2.45) is 17.3 Å².